The Kier molecular flexibility index (Phi) is 2.99. The highest BCUT2D eigenvalue weighted by Crippen LogP contribution is 2.19. The predicted octanol–water partition coefficient (Wildman–Crippen LogP) is 3.09. The molecule has 100 valence electrons. The van der Waals surface area contributed by atoms with Gasteiger partial charge in [0.2, 0.25) is 0 Å². The van der Waals surface area contributed by atoms with Gasteiger partial charge in [0.15, 0.2) is 0 Å². The van der Waals surface area contributed by atoms with Gasteiger partial charge in [0, 0.05) is 6.54 Å². The first-order valence-corrected chi connectivity index (χ1v) is 6.39. The number of aromatic nitrogens is 2. The van der Waals surface area contributed by atoms with Gasteiger partial charge in [0.25, 0.3) is 0 Å². The highest BCUT2D eigenvalue weighted by molar-refractivity contribution is 5.92. The van der Waals surface area contributed by atoms with E-state index in [1.165, 1.54) is 0 Å². The summed E-state index contributed by atoms with van der Waals surface area (Å²) in [6.07, 6.45) is 0. The van der Waals surface area contributed by atoms with E-state index in [4.69, 9.17) is 5.11 Å². The number of benzene rings is 2. The van der Waals surface area contributed by atoms with Crippen molar-refractivity contribution in [3.05, 3.63) is 65.5 Å². The van der Waals surface area contributed by atoms with Crippen LogP contribution in [0, 0.1) is 6.92 Å². The lowest BCUT2D eigenvalue weighted by Gasteiger charge is -2.07. The average molecular weight is 266 g/mol. The van der Waals surface area contributed by atoms with Gasteiger partial charge in [-0.1, -0.05) is 30.3 Å². The zero-order chi connectivity index (χ0) is 14.1. The molecule has 0 atom stereocenters. The fraction of sp³-hybridized carbons (Fsp3) is 0.125. The highest BCUT2D eigenvalue weighted by atomic mass is 16.4. The van der Waals surface area contributed by atoms with Crippen molar-refractivity contribution in [3.8, 4) is 0 Å². The van der Waals surface area contributed by atoms with Crippen LogP contribution in [0.1, 0.15) is 21.7 Å². The van der Waals surface area contributed by atoms with E-state index in [0.29, 0.717) is 6.54 Å². The maximum atomic E-state index is 11.1. The topological polar surface area (TPSA) is 55.1 Å². The summed E-state index contributed by atoms with van der Waals surface area (Å²) < 4.78 is 2.04. The molecule has 20 heavy (non-hydrogen) atoms. The first-order chi connectivity index (χ1) is 9.65. The van der Waals surface area contributed by atoms with E-state index in [9.17, 15) is 4.79 Å². The average Bonchev–Trinajstić information content (AvgIpc) is 2.75. The number of aromatic carboxylic acids is 1. The van der Waals surface area contributed by atoms with Gasteiger partial charge in [-0.2, -0.15) is 0 Å². The quantitative estimate of drug-likeness (QED) is 0.792. The van der Waals surface area contributed by atoms with Crippen LogP contribution in [0.2, 0.25) is 0 Å². The van der Waals surface area contributed by atoms with Crippen LogP contribution in [-0.4, -0.2) is 20.6 Å². The Morgan fingerprint density at radius 1 is 1.20 bits per heavy atom. The molecule has 3 rings (SSSR count). The van der Waals surface area contributed by atoms with Crippen LogP contribution in [0.25, 0.3) is 11.0 Å². The molecule has 2 aromatic carbocycles. The number of hydrogen-bond acceptors (Lipinski definition) is 2. The number of carboxylic acids is 1. The third-order valence-electron chi connectivity index (χ3n) is 3.37. The second-order valence-electron chi connectivity index (χ2n) is 4.74. The zero-order valence-electron chi connectivity index (χ0n) is 11.1. The molecule has 0 amide bonds. The maximum absolute atomic E-state index is 11.1. The molecule has 4 nitrogen and oxygen atoms in total. The van der Waals surface area contributed by atoms with Crippen molar-refractivity contribution in [2.75, 3.05) is 0 Å². The van der Waals surface area contributed by atoms with Crippen LogP contribution in [0.15, 0.2) is 48.5 Å². The second kappa shape index (κ2) is 4.81. The molecule has 0 aliphatic carbocycles. The van der Waals surface area contributed by atoms with Gasteiger partial charge in [0.05, 0.1) is 16.6 Å². The number of fused-ring (bicyclic) bond motifs is 1. The van der Waals surface area contributed by atoms with E-state index in [1.54, 1.807) is 18.2 Å². The van der Waals surface area contributed by atoms with Gasteiger partial charge in [-0.05, 0) is 30.7 Å². The molecular weight excluding hydrogens is 252 g/mol. The summed E-state index contributed by atoms with van der Waals surface area (Å²) in [7, 11) is 0. The Balaban J connectivity index is 2.11. The van der Waals surface area contributed by atoms with Crippen LogP contribution in [0.4, 0.5) is 0 Å². The van der Waals surface area contributed by atoms with Crippen molar-refractivity contribution in [1.29, 1.82) is 0 Å². The second-order valence-corrected chi connectivity index (χ2v) is 4.74. The van der Waals surface area contributed by atoms with Gasteiger partial charge in [-0.15, -0.1) is 0 Å². The van der Waals surface area contributed by atoms with Crippen LogP contribution in [0.3, 0.4) is 0 Å². The van der Waals surface area contributed by atoms with Gasteiger partial charge in [-0.3, -0.25) is 0 Å². The van der Waals surface area contributed by atoms with E-state index < -0.39 is 5.97 Å². The third-order valence-corrected chi connectivity index (χ3v) is 3.37. The molecule has 1 aromatic heterocycles. The lowest BCUT2D eigenvalue weighted by Crippen LogP contribution is -2.03. The van der Waals surface area contributed by atoms with Crippen molar-refractivity contribution in [2.24, 2.45) is 0 Å². The van der Waals surface area contributed by atoms with Crippen molar-refractivity contribution >= 4 is 17.0 Å². The molecule has 0 aliphatic rings. The maximum Gasteiger partial charge on any atom is 0.335 e. The smallest absolute Gasteiger partial charge is 0.335 e. The predicted molar refractivity (Wildman–Crippen MR) is 77.0 cm³/mol. The van der Waals surface area contributed by atoms with Gasteiger partial charge in [-0.25, -0.2) is 9.78 Å². The summed E-state index contributed by atoms with van der Waals surface area (Å²) in [5, 5.41) is 9.10. The Bertz CT molecular complexity index is 776. The number of hydrogen-bond donors (Lipinski definition) is 1. The summed E-state index contributed by atoms with van der Waals surface area (Å²) in [5.41, 5.74) is 3.12. The largest absolute Gasteiger partial charge is 0.478 e. The van der Waals surface area contributed by atoms with Crippen molar-refractivity contribution in [2.45, 2.75) is 13.5 Å². The number of aryl methyl sites for hydroxylation is 1. The lowest BCUT2D eigenvalue weighted by molar-refractivity contribution is 0.0697. The first-order valence-electron chi connectivity index (χ1n) is 6.39. The van der Waals surface area contributed by atoms with Gasteiger partial charge < -0.3 is 9.67 Å². The molecular formula is C16H14N2O2. The minimum atomic E-state index is -0.919. The van der Waals surface area contributed by atoms with Crippen LogP contribution >= 0.6 is 0 Å². The summed E-state index contributed by atoms with van der Waals surface area (Å²) in [6, 6.07) is 15.1. The summed E-state index contributed by atoms with van der Waals surface area (Å²) in [5.74, 6) is -0.0385. The molecule has 1 heterocycles. The molecule has 0 aliphatic heterocycles. The fourth-order valence-corrected chi connectivity index (χ4v) is 2.34. The van der Waals surface area contributed by atoms with E-state index in [2.05, 4.69) is 4.98 Å². The van der Waals surface area contributed by atoms with E-state index >= 15 is 0 Å². The van der Waals surface area contributed by atoms with Crippen LogP contribution < -0.4 is 0 Å². The summed E-state index contributed by atoms with van der Waals surface area (Å²) in [4.78, 5) is 15.6. The summed E-state index contributed by atoms with van der Waals surface area (Å²) >= 11 is 0. The van der Waals surface area contributed by atoms with Crippen molar-refractivity contribution in [3.63, 3.8) is 0 Å². The molecule has 0 spiro atoms. The van der Waals surface area contributed by atoms with Gasteiger partial charge >= 0.3 is 5.97 Å². The van der Waals surface area contributed by atoms with E-state index in [1.807, 2.05) is 41.8 Å². The number of nitrogens with zero attached hydrogens (tertiary/aromatic N) is 2. The number of imidazole rings is 1. The zero-order valence-corrected chi connectivity index (χ0v) is 11.1. The monoisotopic (exact) mass is 266 g/mol. The SMILES string of the molecule is Cc1nc2ccc(C(=O)O)cc2n1Cc1ccccc1. The third kappa shape index (κ3) is 2.16. The molecule has 3 aromatic rings. The molecule has 4 heteroatoms. The van der Waals surface area contributed by atoms with E-state index in [-0.39, 0.29) is 5.56 Å². The Labute approximate surface area is 116 Å². The van der Waals surface area contributed by atoms with Crippen LogP contribution in [-0.2, 0) is 6.54 Å². The van der Waals surface area contributed by atoms with Crippen LogP contribution in [0.5, 0.6) is 0 Å². The number of carboxylic acid groups (broad SMARTS) is 1. The lowest BCUT2D eigenvalue weighted by atomic mass is 10.2. The standard InChI is InChI=1S/C16H14N2O2/c1-11-17-14-8-7-13(16(19)20)9-15(14)18(11)10-12-5-3-2-4-6-12/h2-9H,10H2,1H3,(H,19,20). The van der Waals surface area contributed by atoms with Crippen molar-refractivity contribution in [1.82, 2.24) is 9.55 Å². The molecule has 1 N–H and O–H groups in total. The van der Waals surface area contributed by atoms with E-state index in [0.717, 1.165) is 22.4 Å². The minimum absolute atomic E-state index is 0.284. The molecule has 0 unspecified atom stereocenters. The molecule has 0 saturated heterocycles. The highest BCUT2D eigenvalue weighted by Gasteiger charge is 2.11. The first kappa shape index (κ1) is 12.4. The molecule has 0 radical (unpaired) electrons. The molecule has 0 saturated carbocycles. The molecule has 0 fully saturated rings. The Hall–Kier alpha value is -2.62. The number of rotatable bonds is 3. The van der Waals surface area contributed by atoms with Crippen molar-refractivity contribution < 1.29 is 9.90 Å². The summed E-state index contributed by atoms with van der Waals surface area (Å²) in [6.45, 7) is 2.62. The van der Waals surface area contributed by atoms with Gasteiger partial charge in [0.1, 0.15) is 5.82 Å². The Morgan fingerprint density at radius 3 is 2.65 bits per heavy atom. The Morgan fingerprint density at radius 2 is 1.95 bits per heavy atom. The molecule has 0 bridgehead atoms. The minimum Gasteiger partial charge on any atom is -0.478 e. The fourth-order valence-electron chi connectivity index (χ4n) is 2.34. The normalized spacial score (nSPS) is 10.8. The number of carbonyl (C=O) groups is 1.